The number of hydrogen-bond acceptors (Lipinski definition) is 3. The standard InChI is InChI=1S/C14H13ClN4O2/c15-9-2-1-3-10(8-9)19-12(6-7-16-19)18-14(21)11-4-5-13(20)17-11/h1-3,6-8,11H,4-5H2,(H,17,20)(H,18,21). The van der Waals surface area contributed by atoms with Crippen LogP contribution in [0.1, 0.15) is 12.8 Å². The molecule has 1 aliphatic heterocycles. The van der Waals surface area contributed by atoms with E-state index in [2.05, 4.69) is 15.7 Å². The average molecular weight is 305 g/mol. The Balaban J connectivity index is 1.80. The van der Waals surface area contributed by atoms with Crippen LogP contribution in [0, 0.1) is 0 Å². The summed E-state index contributed by atoms with van der Waals surface area (Å²) in [6.45, 7) is 0. The Labute approximate surface area is 126 Å². The van der Waals surface area contributed by atoms with Crippen LogP contribution in [0.4, 0.5) is 5.82 Å². The van der Waals surface area contributed by atoms with Crippen molar-refractivity contribution in [3.05, 3.63) is 41.6 Å². The molecule has 1 fully saturated rings. The van der Waals surface area contributed by atoms with E-state index in [1.165, 1.54) is 0 Å². The van der Waals surface area contributed by atoms with Gasteiger partial charge < -0.3 is 10.6 Å². The first-order valence-electron chi connectivity index (χ1n) is 6.54. The van der Waals surface area contributed by atoms with Crippen molar-refractivity contribution in [3.8, 4) is 5.69 Å². The zero-order chi connectivity index (χ0) is 14.8. The van der Waals surface area contributed by atoms with E-state index in [1.807, 2.05) is 12.1 Å². The lowest BCUT2D eigenvalue weighted by atomic mass is 10.2. The molecule has 1 saturated heterocycles. The molecule has 6 nitrogen and oxygen atoms in total. The Morgan fingerprint density at radius 1 is 1.43 bits per heavy atom. The van der Waals surface area contributed by atoms with Crippen molar-refractivity contribution in [2.24, 2.45) is 0 Å². The number of halogens is 1. The number of carbonyl (C=O) groups is 2. The largest absolute Gasteiger partial charge is 0.344 e. The Morgan fingerprint density at radius 3 is 3.00 bits per heavy atom. The Kier molecular flexibility index (Phi) is 3.62. The molecule has 108 valence electrons. The smallest absolute Gasteiger partial charge is 0.248 e. The van der Waals surface area contributed by atoms with Crippen molar-refractivity contribution in [1.82, 2.24) is 15.1 Å². The molecule has 7 heteroatoms. The molecule has 21 heavy (non-hydrogen) atoms. The first-order valence-corrected chi connectivity index (χ1v) is 6.91. The molecule has 2 heterocycles. The predicted molar refractivity (Wildman–Crippen MR) is 78.4 cm³/mol. The highest BCUT2D eigenvalue weighted by Crippen LogP contribution is 2.19. The topological polar surface area (TPSA) is 76.0 Å². The molecule has 0 spiro atoms. The Hall–Kier alpha value is -2.34. The molecule has 0 bridgehead atoms. The minimum atomic E-state index is -0.486. The number of anilines is 1. The fourth-order valence-electron chi connectivity index (χ4n) is 2.24. The normalized spacial score (nSPS) is 17.6. The first-order chi connectivity index (χ1) is 10.1. The maximum atomic E-state index is 12.1. The molecule has 0 aliphatic carbocycles. The summed E-state index contributed by atoms with van der Waals surface area (Å²) in [5, 5.41) is 10.2. The van der Waals surface area contributed by atoms with Crippen LogP contribution in [-0.2, 0) is 9.59 Å². The molecule has 3 rings (SSSR count). The van der Waals surface area contributed by atoms with Gasteiger partial charge in [-0.25, -0.2) is 4.68 Å². The lowest BCUT2D eigenvalue weighted by Gasteiger charge is -2.12. The van der Waals surface area contributed by atoms with Gasteiger partial charge in [0.1, 0.15) is 11.9 Å². The number of nitrogens with zero attached hydrogens (tertiary/aromatic N) is 2. The van der Waals surface area contributed by atoms with Crippen LogP contribution >= 0.6 is 11.6 Å². The first kappa shape index (κ1) is 13.6. The summed E-state index contributed by atoms with van der Waals surface area (Å²) in [5.41, 5.74) is 0.748. The molecule has 2 N–H and O–H groups in total. The van der Waals surface area contributed by atoms with Gasteiger partial charge in [0.15, 0.2) is 0 Å². The van der Waals surface area contributed by atoms with Crippen molar-refractivity contribution >= 4 is 29.2 Å². The lowest BCUT2D eigenvalue weighted by molar-refractivity contribution is -0.122. The fourth-order valence-corrected chi connectivity index (χ4v) is 2.42. The molecule has 1 aliphatic rings. The second-order valence-corrected chi connectivity index (χ2v) is 5.19. The van der Waals surface area contributed by atoms with Crippen LogP contribution in [0.25, 0.3) is 5.69 Å². The number of hydrogen-bond donors (Lipinski definition) is 2. The van der Waals surface area contributed by atoms with E-state index in [1.54, 1.807) is 29.1 Å². The molecule has 1 aromatic carbocycles. The highest BCUT2D eigenvalue weighted by atomic mass is 35.5. The highest BCUT2D eigenvalue weighted by molar-refractivity contribution is 6.30. The van der Waals surface area contributed by atoms with Crippen molar-refractivity contribution in [2.45, 2.75) is 18.9 Å². The van der Waals surface area contributed by atoms with Crippen molar-refractivity contribution < 1.29 is 9.59 Å². The van der Waals surface area contributed by atoms with Gasteiger partial charge in [-0.05, 0) is 24.6 Å². The molecule has 1 aromatic heterocycles. The zero-order valence-corrected chi connectivity index (χ0v) is 11.8. The molecule has 2 amide bonds. The molecule has 1 unspecified atom stereocenters. The number of amides is 2. The summed E-state index contributed by atoms with van der Waals surface area (Å²) < 4.78 is 1.58. The third-order valence-electron chi connectivity index (χ3n) is 3.26. The Morgan fingerprint density at radius 2 is 2.29 bits per heavy atom. The number of benzene rings is 1. The fraction of sp³-hybridized carbons (Fsp3) is 0.214. The van der Waals surface area contributed by atoms with Gasteiger partial charge in [-0.3, -0.25) is 9.59 Å². The molecule has 2 aromatic rings. The third kappa shape index (κ3) is 2.90. The van der Waals surface area contributed by atoms with Crippen LogP contribution in [0.3, 0.4) is 0 Å². The van der Waals surface area contributed by atoms with Crippen LogP contribution in [0.15, 0.2) is 36.5 Å². The minimum absolute atomic E-state index is 0.0986. The third-order valence-corrected chi connectivity index (χ3v) is 3.49. The second kappa shape index (κ2) is 5.57. The van der Waals surface area contributed by atoms with Crippen LogP contribution in [0.5, 0.6) is 0 Å². The molecule has 1 atom stereocenters. The van der Waals surface area contributed by atoms with Gasteiger partial charge >= 0.3 is 0 Å². The number of aromatic nitrogens is 2. The maximum absolute atomic E-state index is 12.1. The number of rotatable bonds is 3. The van der Waals surface area contributed by atoms with E-state index in [4.69, 9.17) is 11.6 Å². The van der Waals surface area contributed by atoms with E-state index in [0.29, 0.717) is 23.7 Å². The SMILES string of the molecule is O=C1CCC(C(=O)Nc2ccnn2-c2cccc(Cl)c2)N1. The summed E-state index contributed by atoms with van der Waals surface area (Å²) in [4.78, 5) is 23.3. The Bertz CT molecular complexity index is 698. The van der Waals surface area contributed by atoms with Crippen LogP contribution < -0.4 is 10.6 Å². The van der Waals surface area contributed by atoms with Crippen LogP contribution in [0.2, 0.25) is 5.02 Å². The summed E-state index contributed by atoms with van der Waals surface area (Å²) in [6, 6.07) is 8.37. The van der Waals surface area contributed by atoms with Crippen molar-refractivity contribution in [2.75, 3.05) is 5.32 Å². The summed E-state index contributed by atoms with van der Waals surface area (Å²) in [5.74, 6) is 0.187. The second-order valence-electron chi connectivity index (χ2n) is 4.76. The van der Waals surface area contributed by atoms with E-state index in [0.717, 1.165) is 5.69 Å². The van der Waals surface area contributed by atoms with Gasteiger partial charge in [0.2, 0.25) is 11.8 Å². The molecule has 0 radical (unpaired) electrons. The number of carbonyl (C=O) groups excluding carboxylic acids is 2. The maximum Gasteiger partial charge on any atom is 0.248 e. The zero-order valence-electron chi connectivity index (χ0n) is 11.0. The average Bonchev–Trinajstić information content (AvgIpc) is 3.08. The van der Waals surface area contributed by atoms with E-state index in [9.17, 15) is 9.59 Å². The molecule has 0 saturated carbocycles. The van der Waals surface area contributed by atoms with Gasteiger partial charge in [-0.1, -0.05) is 17.7 Å². The van der Waals surface area contributed by atoms with Gasteiger partial charge in [0.05, 0.1) is 11.9 Å². The van der Waals surface area contributed by atoms with Crippen molar-refractivity contribution in [3.63, 3.8) is 0 Å². The summed E-state index contributed by atoms with van der Waals surface area (Å²) >= 11 is 5.96. The van der Waals surface area contributed by atoms with Gasteiger partial charge in [-0.2, -0.15) is 5.10 Å². The van der Waals surface area contributed by atoms with Crippen LogP contribution in [-0.4, -0.2) is 27.6 Å². The monoisotopic (exact) mass is 304 g/mol. The lowest BCUT2D eigenvalue weighted by Crippen LogP contribution is -2.37. The van der Waals surface area contributed by atoms with E-state index < -0.39 is 6.04 Å². The summed E-state index contributed by atoms with van der Waals surface area (Å²) in [7, 11) is 0. The number of nitrogens with one attached hydrogen (secondary N) is 2. The van der Waals surface area contributed by atoms with Crippen molar-refractivity contribution in [1.29, 1.82) is 0 Å². The quantitative estimate of drug-likeness (QED) is 0.907. The predicted octanol–water partition coefficient (Wildman–Crippen LogP) is 1.74. The van der Waals surface area contributed by atoms with Gasteiger partial charge in [0, 0.05) is 17.5 Å². The highest BCUT2D eigenvalue weighted by Gasteiger charge is 2.27. The minimum Gasteiger partial charge on any atom is -0.344 e. The van der Waals surface area contributed by atoms with Gasteiger partial charge in [0.25, 0.3) is 0 Å². The molecular weight excluding hydrogens is 292 g/mol. The summed E-state index contributed by atoms with van der Waals surface area (Å²) in [6.07, 6.45) is 2.48. The molecular formula is C14H13ClN4O2. The van der Waals surface area contributed by atoms with Gasteiger partial charge in [-0.15, -0.1) is 0 Å². The van der Waals surface area contributed by atoms with E-state index in [-0.39, 0.29) is 11.8 Å². The van der Waals surface area contributed by atoms with E-state index >= 15 is 0 Å².